The van der Waals surface area contributed by atoms with Gasteiger partial charge in [-0.05, 0) is 31.9 Å². The van der Waals surface area contributed by atoms with Crippen molar-refractivity contribution >= 4 is 16.6 Å². The Labute approximate surface area is 120 Å². The van der Waals surface area contributed by atoms with Crippen LogP contribution in [0.1, 0.15) is 32.1 Å². The minimum absolute atomic E-state index is 0.633. The zero-order chi connectivity index (χ0) is 13.8. The van der Waals surface area contributed by atoms with Crippen LogP contribution in [0.15, 0.2) is 30.5 Å². The number of nitrogens with zero attached hydrogens (tertiary/aromatic N) is 3. The van der Waals surface area contributed by atoms with Gasteiger partial charge in [-0.2, -0.15) is 10.2 Å². The van der Waals surface area contributed by atoms with Crippen molar-refractivity contribution in [1.29, 1.82) is 0 Å². The van der Waals surface area contributed by atoms with Gasteiger partial charge in [-0.3, -0.25) is 0 Å². The lowest BCUT2D eigenvalue weighted by Gasteiger charge is -2.31. The van der Waals surface area contributed by atoms with E-state index in [1.54, 1.807) is 0 Å². The second-order valence-corrected chi connectivity index (χ2v) is 5.52. The first-order chi connectivity index (χ1) is 9.90. The van der Waals surface area contributed by atoms with E-state index in [1.807, 2.05) is 18.3 Å². The molecular weight excluding hydrogens is 248 g/mol. The number of anilines is 1. The lowest BCUT2D eigenvalue weighted by atomic mass is 10.1. The second kappa shape index (κ2) is 6.18. The van der Waals surface area contributed by atoms with Crippen LogP contribution in [-0.2, 0) is 0 Å². The van der Waals surface area contributed by atoms with Gasteiger partial charge >= 0.3 is 0 Å². The smallest absolute Gasteiger partial charge is 0.0950 e. The lowest BCUT2D eigenvalue weighted by molar-refractivity contribution is 0.593. The number of hydrogen-bond donors (Lipinski definition) is 1. The van der Waals surface area contributed by atoms with Gasteiger partial charge in [-0.1, -0.05) is 31.0 Å². The number of hydrogen-bond acceptors (Lipinski definition) is 4. The highest BCUT2D eigenvalue weighted by Crippen LogP contribution is 2.31. The highest BCUT2D eigenvalue weighted by atomic mass is 15.2. The molecule has 1 aliphatic rings. The van der Waals surface area contributed by atoms with Crippen molar-refractivity contribution in [3.63, 3.8) is 0 Å². The van der Waals surface area contributed by atoms with E-state index in [2.05, 4.69) is 27.2 Å². The van der Waals surface area contributed by atoms with Crippen molar-refractivity contribution in [2.24, 2.45) is 5.73 Å². The molecule has 1 heterocycles. The van der Waals surface area contributed by atoms with Gasteiger partial charge in [0.15, 0.2) is 0 Å². The van der Waals surface area contributed by atoms with E-state index in [9.17, 15) is 0 Å². The predicted molar refractivity (Wildman–Crippen MR) is 82.8 cm³/mol. The van der Waals surface area contributed by atoms with Crippen molar-refractivity contribution in [3.8, 4) is 0 Å². The number of rotatable bonds is 5. The SMILES string of the molecule is NCCCN(c1cnnc2ccccc12)C1CCCC1. The molecule has 20 heavy (non-hydrogen) atoms. The lowest BCUT2D eigenvalue weighted by Crippen LogP contribution is -2.35. The molecule has 4 nitrogen and oxygen atoms in total. The van der Waals surface area contributed by atoms with Gasteiger partial charge in [0.2, 0.25) is 0 Å². The zero-order valence-corrected chi connectivity index (χ0v) is 11.8. The fraction of sp³-hybridized carbons (Fsp3) is 0.500. The third-order valence-electron chi connectivity index (χ3n) is 4.20. The quantitative estimate of drug-likeness (QED) is 0.907. The maximum absolute atomic E-state index is 5.71. The summed E-state index contributed by atoms with van der Waals surface area (Å²) in [6, 6.07) is 8.89. The van der Waals surface area contributed by atoms with Crippen molar-refractivity contribution < 1.29 is 0 Å². The zero-order valence-electron chi connectivity index (χ0n) is 11.8. The number of aromatic nitrogens is 2. The fourth-order valence-corrected chi connectivity index (χ4v) is 3.20. The van der Waals surface area contributed by atoms with Crippen LogP contribution in [0.2, 0.25) is 0 Å². The second-order valence-electron chi connectivity index (χ2n) is 5.52. The van der Waals surface area contributed by atoms with E-state index in [0.717, 1.165) is 25.0 Å². The molecule has 1 aliphatic carbocycles. The highest BCUT2D eigenvalue weighted by Gasteiger charge is 2.24. The molecule has 2 N–H and O–H groups in total. The molecule has 106 valence electrons. The first-order valence-electron chi connectivity index (χ1n) is 7.57. The third kappa shape index (κ3) is 2.61. The van der Waals surface area contributed by atoms with Crippen LogP contribution in [0.4, 0.5) is 5.69 Å². The summed E-state index contributed by atoms with van der Waals surface area (Å²) in [5.41, 5.74) is 7.90. The minimum Gasteiger partial charge on any atom is -0.367 e. The molecule has 0 radical (unpaired) electrons. The molecule has 0 unspecified atom stereocenters. The monoisotopic (exact) mass is 270 g/mol. The van der Waals surface area contributed by atoms with Crippen molar-refractivity contribution in [3.05, 3.63) is 30.5 Å². The molecule has 3 rings (SSSR count). The summed E-state index contributed by atoms with van der Waals surface area (Å²) in [5, 5.41) is 9.62. The fourth-order valence-electron chi connectivity index (χ4n) is 3.20. The van der Waals surface area contributed by atoms with Crippen LogP contribution >= 0.6 is 0 Å². The Hall–Kier alpha value is -1.68. The molecule has 1 saturated carbocycles. The molecular formula is C16H22N4. The van der Waals surface area contributed by atoms with Crippen LogP contribution < -0.4 is 10.6 Å². The molecule has 1 fully saturated rings. The Balaban J connectivity index is 1.99. The molecule has 2 aromatic rings. The molecule has 0 aliphatic heterocycles. The summed E-state index contributed by atoms with van der Waals surface area (Å²) in [6.07, 6.45) is 8.16. The average Bonchev–Trinajstić information content (AvgIpc) is 3.02. The van der Waals surface area contributed by atoms with E-state index in [0.29, 0.717) is 6.04 Å². The standard InChI is InChI=1S/C16H22N4/c17-10-5-11-20(13-6-1-2-7-13)16-12-18-19-15-9-4-3-8-14(15)16/h3-4,8-9,12-13H,1-2,5-7,10-11,17H2. The van der Waals surface area contributed by atoms with Crippen LogP contribution in [0.25, 0.3) is 10.9 Å². The summed E-state index contributed by atoms with van der Waals surface area (Å²) < 4.78 is 0. The van der Waals surface area contributed by atoms with Gasteiger partial charge < -0.3 is 10.6 Å². The largest absolute Gasteiger partial charge is 0.367 e. The first kappa shape index (κ1) is 13.3. The van der Waals surface area contributed by atoms with Crippen molar-refractivity contribution in [2.45, 2.75) is 38.1 Å². The van der Waals surface area contributed by atoms with Gasteiger partial charge in [0.1, 0.15) is 0 Å². The van der Waals surface area contributed by atoms with Gasteiger partial charge in [-0.15, -0.1) is 0 Å². The molecule has 4 heteroatoms. The van der Waals surface area contributed by atoms with Gasteiger partial charge in [0, 0.05) is 18.0 Å². The first-order valence-corrected chi connectivity index (χ1v) is 7.57. The number of nitrogens with two attached hydrogens (primary N) is 1. The van der Waals surface area contributed by atoms with Crippen LogP contribution in [0, 0.1) is 0 Å². The molecule has 1 aromatic carbocycles. The van der Waals surface area contributed by atoms with Crippen LogP contribution in [0.5, 0.6) is 0 Å². The number of benzene rings is 1. The molecule has 0 saturated heterocycles. The van der Waals surface area contributed by atoms with Crippen molar-refractivity contribution in [2.75, 3.05) is 18.0 Å². The Kier molecular flexibility index (Phi) is 4.11. The van der Waals surface area contributed by atoms with Crippen LogP contribution in [0.3, 0.4) is 0 Å². The topological polar surface area (TPSA) is 55.0 Å². The van der Waals surface area contributed by atoms with E-state index in [4.69, 9.17) is 5.73 Å². The van der Waals surface area contributed by atoms with Crippen LogP contribution in [-0.4, -0.2) is 29.3 Å². The Morgan fingerprint density at radius 1 is 1.20 bits per heavy atom. The summed E-state index contributed by atoms with van der Waals surface area (Å²) in [4.78, 5) is 2.51. The average molecular weight is 270 g/mol. The van der Waals surface area contributed by atoms with E-state index in [1.165, 1.54) is 36.8 Å². The highest BCUT2D eigenvalue weighted by molar-refractivity contribution is 5.90. The normalized spacial score (nSPS) is 15.8. The van der Waals surface area contributed by atoms with Crippen molar-refractivity contribution in [1.82, 2.24) is 10.2 Å². The summed E-state index contributed by atoms with van der Waals surface area (Å²) in [6.45, 7) is 1.75. The predicted octanol–water partition coefficient (Wildman–Crippen LogP) is 2.73. The molecule has 0 bridgehead atoms. The van der Waals surface area contributed by atoms with Gasteiger partial charge in [0.05, 0.1) is 17.4 Å². The minimum atomic E-state index is 0.633. The Bertz CT molecular complexity index is 558. The third-order valence-corrected chi connectivity index (χ3v) is 4.20. The van der Waals surface area contributed by atoms with E-state index < -0.39 is 0 Å². The summed E-state index contributed by atoms with van der Waals surface area (Å²) >= 11 is 0. The molecule has 0 spiro atoms. The van der Waals surface area contributed by atoms with Gasteiger partial charge in [-0.25, -0.2) is 0 Å². The summed E-state index contributed by atoms with van der Waals surface area (Å²) in [5.74, 6) is 0. The Morgan fingerprint density at radius 3 is 2.80 bits per heavy atom. The molecule has 1 aromatic heterocycles. The Morgan fingerprint density at radius 2 is 2.00 bits per heavy atom. The maximum atomic E-state index is 5.71. The van der Waals surface area contributed by atoms with E-state index >= 15 is 0 Å². The molecule has 0 atom stereocenters. The van der Waals surface area contributed by atoms with E-state index in [-0.39, 0.29) is 0 Å². The summed E-state index contributed by atoms with van der Waals surface area (Å²) in [7, 11) is 0. The number of fused-ring (bicyclic) bond motifs is 1. The maximum Gasteiger partial charge on any atom is 0.0950 e. The molecule has 0 amide bonds. The van der Waals surface area contributed by atoms with Gasteiger partial charge in [0.25, 0.3) is 0 Å².